The van der Waals surface area contributed by atoms with Gasteiger partial charge in [-0.1, -0.05) is 31.2 Å². The van der Waals surface area contributed by atoms with Crippen LogP contribution >= 0.6 is 11.3 Å². The Morgan fingerprint density at radius 1 is 1.19 bits per heavy atom. The fourth-order valence-electron chi connectivity index (χ4n) is 2.50. The van der Waals surface area contributed by atoms with Gasteiger partial charge in [0.2, 0.25) is 0 Å². The van der Waals surface area contributed by atoms with Crippen molar-refractivity contribution in [3.8, 4) is 11.3 Å². The van der Waals surface area contributed by atoms with Crippen LogP contribution in [0.1, 0.15) is 22.8 Å². The fraction of sp³-hybridized carbons (Fsp3) is 0.222. The number of amides is 1. The lowest BCUT2D eigenvalue weighted by Gasteiger charge is -2.06. The van der Waals surface area contributed by atoms with Crippen molar-refractivity contribution in [1.29, 1.82) is 0 Å². The molecule has 1 amide bonds. The van der Waals surface area contributed by atoms with Gasteiger partial charge in [0.05, 0.1) is 5.69 Å². The van der Waals surface area contributed by atoms with Crippen molar-refractivity contribution < 1.29 is 4.79 Å². The van der Waals surface area contributed by atoms with Gasteiger partial charge in [0.1, 0.15) is 5.56 Å². The van der Waals surface area contributed by atoms with Crippen LogP contribution in [0.2, 0.25) is 0 Å². The highest BCUT2D eigenvalue weighted by atomic mass is 32.1. The number of nitrogens with one attached hydrogen (secondary N) is 1. The molecule has 0 aliphatic carbocycles. The minimum atomic E-state index is -0.641. The molecule has 2 aromatic heterocycles. The Labute approximate surface area is 153 Å². The van der Waals surface area contributed by atoms with Gasteiger partial charge in [-0.3, -0.25) is 19.5 Å². The van der Waals surface area contributed by atoms with Crippen molar-refractivity contribution in [2.45, 2.75) is 13.3 Å². The molecule has 0 bridgehead atoms. The molecule has 0 aliphatic rings. The van der Waals surface area contributed by atoms with Crippen molar-refractivity contribution in [2.75, 3.05) is 5.32 Å². The van der Waals surface area contributed by atoms with Gasteiger partial charge in [0.25, 0.3) is 11.5 Å². The van der Waals surface area contributed by atoms with E-state index in [4.69, 9.17) is 0 Å². The van der Waals surface area contributed by atoms with Gasteiger partial charge >= 0.3 is 5.69 Å². The molecule has 26 heavy (non-hydrogen) atoms. The third kappa shape index (κ3) is 3.36. The summed E-state index contributed by atoms with van der Waals surface area (Å²) in [4.78, 5) is 40.7. The number of hydrogen-bond acceptors (Lipinski definition) is 5. The van der Waals surface area contributed by atoms with E-state index in [0.29, 0.717) is 5.13 Å². The number of rotatable bonds is 4. The molecular formula is C18H18N4O3S. The lowest BCUT2D eigenvalue weighted by Crippen LogP contribution is -2.40. The van der Waals surface area contributed by atoms with E-state index in [2.05, 4.69) is 17.2 Å². The second-order valence-corrected chi connectivity index (χ2v) is 6.70. The molecule has 0 spiro atoms. The van der Waals surface area contributed by atoms with Gasteiger partial charge < -0.3 is 4.57 Å². The van der Waals surface area contributed by atoms with Crippen LogP contribution in [0, 0.1) is 0 Å². The molecule has 134 valence electrons. The predicted molar refractivity (Wildman–Crippen MR) is 102 cm³/mol. The van der Waals surface area contributed by atoms with Crippen LogP contribution in [-0.4, -0.2) is 20.0 Å². The van der Waals surface area contributed by atoms with E-state index in [1.807, 2.05) is 29.6 Å². The molecule has 3 rings (SSSR count). The van der Waals surface area contributed by atoms with Crippen molar-refractivity contribution in [1.82, 2.24) is 14.1 Å². The van der Waals surface area contributed by atoms with E-state index < -0.39 is 17.2 Å². The van der Waals surface area contributed by atoms with Gasteiger partial charge in [-0.15, -0.1) is 11.3 Å². The van der Waals surface area contributed by atoms with Crippen molar-refractivity contribution in [2.24, 2.45) is 14.1 Å². The summed E-state index contributed by atoms with van der Waals surface area (Å²) in [7, 11) is 2.82. The van der Waals surface area contributed by atoms with Crippen LogP contribution in [0.3, 0.4) is 0 Å². The second-order valence-electron chi connectivity index (χ2n) is 5.84. The molecule has 0 unspecified atom stereocenters. The van der Waals surface area contributed by atoms with Crippen LogP contribution in [0.4, 0.5) is 5.13 Å². The highest BCUT2D eigenvalue weighted by Gasteiger charge is 2.16. The number of aromatic nitrogens is 3. The highest BCUT2D eigenvalue weighted by Crippen LogP contribution is 2.25. The van der Waals surface area contributed by atoms with Gasteiger partial charge in [-0.25, -0.2) is 9.78 Å². The normalized spacial score (nSPS) is 10.7. The molecule has 0 atom stereocenters. The van der Waals surface area contributed by atoms with E-state index >= 15 is 0 Å². The summed E-state index contributed by atoms with van der Waals surface area (Å²) >= 11 is 1.27. The first-order valence-electron chi connectivity index (χ1n) is 8.03. The largest absolute Gasteiger partial charge is 0.330 e. The van der Waals surface area contributed by atoms with Crippen LogP contribution in [0.5, 0.6) is 0 Å². The zero-order valence-electron chi connectivity index (χ0n) is 14.6. The van der Waals surface area contributed by atoms with Crippen molar-refractivity contribution in [3.05, 3.63) is 67.8 Å². The Balaban J connectivity index is 1.84. The Hall–Kier alpha value is -3.00. The molecule has 0 aliphatic heterocycles. The number of thiazole rings is 1. The highest BCUT2D eigenvalue weighted by molar-refractivity contribution is 7.14. The van der Waals surface area contributed by atoms with Gasteiger partial charge in [0.15, 0.2) is 5.13 Å². The molecule has 1 N–H and O–H groups in total. The molecule has 0 fully saturated rings. The average molecular weight is 370 g/mol. The minimum Gasteiger partial charge on any atom is -0.303 e. The smallest absolute Gasteiger partial charge is 0.303 e. The standard InChI is InChI=1S/C18H18N4O3S/c1-4-11-5-7-12(8-6-11)14-10-26-17(19-14)20-15(23)13-9-21(2)18(25)22(3)16(13)24/h5-10H,4H2,1-3H3,(H,19,20,23). The Morgan fingerprint density at radius 3 is 2.54 bits per heavy atom. The number of nitrogens with zero attached hydrogens (tertiary/aromatic N) is 3. The van der Waals surface area contributed by atoms with Crippen molar-refractivity contribution in [3.63, 3.8) is 0 Å². The average Bonchev–Trinajstić information content (AvgIpc) is 3.11. The Morgan fingerprint density at radius 2 is 1.88 bits per heavy atom. The Bertz CT molecular complexity index is 1080. The number of carbonyl (C=O) groups excluding carboxylic acids is 1. The third-order valence-corrected chi connectivity index (χ3v) is 4.83. The van der Waals surface area contributed by atoms with Crippen LogP contribution in [0.15, 0.2) is 45.4 Å². The van der Waals surface area contributed by atoms with Crippen molar-refractivity contribution >= 4 is 22.4 Å². The van der Waals surface area contributed by atoms with Crippen LogP contribution in [-0.2, 0) is 20.5 Å². The summed E-state index contributed by atoms with van der Waals surface area (Å²) in [5.74, 6) is -0.594. The summed E-state index contributed by atoms with van der Waals surface area (Å²) in [5, 5.41) is 4.86. The number of anilines is 1. The topological polar surface area (TPSA) is 86.0 Å². The van der Waals surface area contributed by atoms with Crippen LogP contribution in [0.25, 0.3) is 11.3 Å². The lowest BCUT2D eigenvalue weighted by molar-refractivity contribution is 0.102. The van der Waals surface area contributed by atoms with Gasteiger partial charge in [-0.05, 0) is 12.0 Å². The first-order valence-corrected chi connectivity index (χ1v) is 8.91. The molecule has 0 saturated carbocycles. The monoisotopic (exact) mass is 370 g/mol. The van der Waals surface area contributed by atoms with E-state index in [-0.39, 0.29) is 5.56 Å². The van der Waals surface area contributed by atoms with Crippen LogP contribution < -0.4 is 16.6 Å². The molecule has 7 nitrogen and oxygen atoms in total. The minimum absolute atomic E-state index is 0.112. The maximum Gasteiger partial charge on any atom is 0.330 e. The summed E-state index contributed by atoms with van der Waals surface area (Å²) in [6.07, 6.45) is 2.20. The number of aryl methyl sites for hydroxylation is 2. The molecular weight excluding hydrogens is 352 g/mol. The molecule has 3 aromatic rings. The predicted octanol–water partition coefficient (Wildman–Crippen LogP) is 2.02. The third-order valence-electron chi connectivity index (χ3n) is 4.07. The maximum absolute atomic E-state index is 12.4. The second kappa shape index (κ2) is 7.09. The summed E-state index contributed by atoms with van der Waals surface area (Å²) in [5.41, 5.74) is 1.70. The van der Waals surface area contributed by atoms with E-state index in [1.165, 1.54) is 41.8 Å². The molecule has 2 heterocycles. The zero-order chi connectivity index (χ0) is 18.8. The summed E-state index contributed by atoms with van der Waals surface area (Å²) in [6, 6.07) is 8.06. The lowest BCUT2D eigenvalue weighted by atomic mass is 10.1. The first kappa shape index (κ1) is 17.8. The quantitative estimate of drug-likeness (QED) is 0.761. The zero-order valence-corrected chi connectivity index (χ0v) is 15.5. The molecule has 0 radical (unpaired) electrons. The number of hydrogen-bond donors (Lipinski definition) is 1. The Kier molecular flexibility index (Phi) is 4.85. The van der Waals surface area contributed by atoms with Gasteiger partial charge in [-0.2, -0.15) is 0 Å². The molecule has 1 aromatic carbocycles. The first-order chi connectivity index (χ1) is 12.4. The van der Waals surface area contributed by atoms with E-state index in [1.54, 1.807) is 0 Å². The van der Waals surface area contributed by atoms with E-state index in [0.717, 1.165) is 22.2 Å². The number of carbonyl (C=O) groups is 1. The molecule has 0 saturated heterocycles. The van der Waals surface area contributed by atoms with E-state index in [9.17, 15) is 14.4 Å². The summed E-state index contributed by atoms with van der Waals surface area (Å²) in [6.45, 7) is 2.09. The molecule has 8 heteroatoms. The fourth-order valence-corrected chi connectivity index (χ4v) is 3.22. The van der Waals surface area contributed by atoms with Gasteiger partial charge in [0, 0.05) is 31.2 Å². The summed E-state index contributed by atoms with van der Waals surface area (Å²) < 4.78 is 2.09. The maximum atomic E-state index is 12.4. The SMILES string of the molecule is CCc1ccc(-c2csc(NC(=O)c3cn(C)c(=O)n(C)c3=O)n2)cc1. The number of benzene rings is 1.